The zero-order chi connectivity index (χ0) is 23.9. The number of fused-ring (bicyclic) bond motifs is 1. The van der Waals surface area contributed by atoms with Gasteiger partial charge < -0.3 is 15.4 Å². The number of carbonyl (C=O) groups is 1. The first kappa shape index (κ1) is 24.6. The van der Waals surface area contributed by atoms with Crippen molar-refractivity contribution in [1.29, 1.82) is 0 Å². The highest BCUT2D eigenvalue weighted by molar-refractivity contribution is 7.98. The molecule has 1 aliphatic rings. The first-order valence-corrected chi connectivity index (χ1v) is 13.6. The molecule has 5 nitrogen and oxygen atoms in total. The number of thioether (sulfide) groups is 1. The Balaban J connectivity index is 1.38. The number of pyridine rings is 1. The number of anilines is 1. The number of rotatable bonds is 12. The molecular formula is C28H35N3O2S. The second kappa shape index (κ2) is 11.7. The van der Waals surface area contributed by atoms with Gasteiger partial charge in [0.05, 0.1) is 12.1 Å². The Morgan fingerprint density at radius 3 is 2.74 bits per heavy atom. The van der Waals surface area contributed by atoms with E-state index in [-0.39, 0.29) is 11.9 Å². The number of amides is 1. The number of carbonyl (C=O) groups excluding carboxylic acids is 1. The van der Waals surface area contributed by atoms with Gasteiger partial charge in [-0.1, -0.05) is 18.9 Å². The third-order valence-corrected chi connectivity index (χ3v) is 7.16. The summed E-state index contributed by atoms with van der Waals surface area (Å²) in [5.41, 5.74) is 4.45. The molecule has 2 aromatic carbocycles. The molecular weight excluding hydrogens is 442 g/mol. The van der Waals surface area contributed by atoms with Crippen LogP contribution >= 0.6 is 11.8 Å². The first-order chi connectivity index (χ1) is 16.5. The van der Waals surface area contributed by atoms with E-state index in [1.165, 1.54) is 24.2 Å². The summed E-state index contributed by atoms with van der Waals surface area (Å²) in [4.78, 5) is 17.6. The fraction of sp³-hybridized carbons (Fsp3) is 0.429. The van der Waals surface area contributed by atoms with Crippen LogP contribution in [0.3, 0.4) is 0 Å². The minimum atomic E-state index is -0.133. The predicted octanol–water partition coefficient (Wildman–Crippen LogP) is 6.38. The highest BCUT2D eigenvalue weighted by Gasteiger charge is 2.20. The van der Waals surface area contributed by atoms with Crippen LogP contribution in [0.2, 0.25) is 0 Å². The van der Waals surface area contributed by atoms with Gasteiger partial charge in [-0.15, -0.1) is 0 Å². The van der Waals surface area contributed by atoms with Gasteiger partial charge >= 0.3 is 0 Å². The van der Waals surface area contributed by atoms with E-state index in [0.29, 0.717) is 5.56 Å². The Bertz CT molecular complexity index is 1110. The summed E-state index contributed by atoms with van der Waals surface area (Å²) in [5, 5.41) is 7.70. The van der Waals surface area contributed by atoms with E-state index in [0.717, 1.165) is 59.8 Å². The fourth-order valence-electron chi connectivity index (χ4n) is 4.04. The van der Waals surface area contributed by atoms with Crippen LogP contribution < -0.4 is 15.4 Å². The molecule has 34 heavy (non-hydrogen) atoms. The molecule has 0 spiro atoms. The molecule has 4 rings (SSSR count). The van der Waals surface area contributed by atoms with Crippen molar-refractivity contribution < 1.29 is 9.53 Å². The Morgan fingerprint density at radius 1 is 1.21 bits per heavy atom. The molecule has 1 saturated carbocycles. The minimum Gasteiger partial charge on any atom is -0.494 e. The molecule has 2 N–H and O–H groups in total. The van der Waals surface area contributed by atoms with Crippen LogP contribution in [0.5, 0.6) is 5.75 Å². The third kappa shape index (κ3) is 6.51. The third-order valence-electron chi connectivity index (χ3n) is 6.46. The van der Waals surface area contributed by atoms with Crippen molar-refractivity contribution in [3.8, 4) is 5.75 Å². The largest absolute Gasteiger partial charge is 0.494 e. The smallest absolute Gasteiger partial charge is 0.255 e. The van der Waals surface area contributed by atoms with Crippen molar-refractivity contribution in [3.05, 3.63) is 65.4 Å². The quantitative estimate of drug-likeness (QED) is 0.296. The topological polar surface area (TPSA) is 63.2 Å². The average molecular weight is 478 g/mol. The molecule has 1 amide bonds. The Labute approximate surface area is 207 Å². The van der Waals surface area contributed by atoms with E-state index in [2.05, 4.69) is 29.9 Å². The van der Waals surface area contributed by atoms with E-state index in [4.69, 9.17) is 9.72 Å². The number of benzene rings is 2. The maximum atomic E-state index is 12.8. The van der Waals surface area contributed by atoms with Gasteiger partial charge in [-0.25, -0.2) is 0 Å². The van der Waals surface area contributed by atoms with Gasteiger partial charge in [0, 0.05) is 28.9 Å². The molecule has 0 saturated heterocycles. The number of nitrogens with one attached hydrogen (secondary N) is 2. The lowest BCUT2D eigenvalue weighted by molar-refractivity contribution is 0.102. The van der Waals surface area contributed by atoms with E-state index < -0.39 is 0 Å². The SMILES string of the molecule is CSCCCNC(C)c1cnc2c(C)c(NC(=O)c3ccc(OCCC4CC4)cc3)ccc2c1. The number of aromatic nitrogens is 1. The minimum absolute atomic E-state index is 0.133. The van der Waals surface area contributed by atoms with Crippen LogP contribution in [0, 0.1) is 12.8 Å². The van der Waals surface area contributed by atoms with Gasteiger partial charge in [0.2, 0.25) is 0 Å². The van der Waals surface area contributed by atoms with E-state index in [1.807, 2.05) is 61.3 Å². The zero-order valence-electron chi connectivity index (χ0n) is 20.4. The summed E-state index contributed by atoms with van der Waals surface area (Å²) in [5.74, 6) is 2.70. The fourth-order valence-corrected chi connectivity index (χ4v) is 4.47. The number of aryl methyl sites for hydroxylation is 1. The molecule has 1 unspecified atom stereocenters. The maximum Gasteiger partial charge on any atom is 0.255 e. The van der Waals surface area contributed by atoms with Gasteiger partial charge in [0.1, 0.15) is 5.75 Å². The van der Waals surface area contributed by atoms with Crippen LogP contribution in [0.25, 0.3) is 10.9 Å². The van der Waals surface area contributed by atoms with Gasteiger partial charge in [-0.05, 0) is 98.7 Å². The summed E-state index contributed by atoms with van der Waals surface area (Å²) in [6.45, 7) is 5.92. The van der Waals surface area contributed by atoms with E-state index in [1.54, 1.807) is 0 Å². The summed E-state index contributed by atoms with van der Waals surface area (Å²) in [6.07, 6.45) is 9.02. The Morgan fingerprint density at radius 2 is 2.00 bits per heavy atom. The lowest BCUT2D eigenvalue weighted by atomic mass is 10.0. The Kier molecular flexibility index (Phi) is 8.46. The molecule has 6 heteroatoms. The number of ether oxygens (including phenoxy) is 1. The molecule has 1 fully saturated rings. The van der Waals surface area contributed by atoms with Crippen LogP contribution in [-0.4, -0.2) is 36.1 Å². The van der Waals surface area contributed by atoms with Crippen molar-refractivity contribution in [2.75, 3.05) is 30.5 Å². The lowest BCUT2D eigenvalue weighted by Gasteiger charge is -2.16. The highest BCUT2D eigenvalue weighted by Crippen LogP contribution is 2.32. The predicted molar refractivity (Wildman–Crippen MR) is 143 cm³/mol. The molecule has 0 bridgehead atoms. The summed E-state index contributed by atoms with van der Waals surface area (Å²) in [6, 6.07) is 13.8. The summed E-state index contributed by atoms with van der Waals surface area (Å²) < 4.78 is 5.79. The van der Waals surface area contributed by atoms with Crippen LogP contribution in [0.1, 0.15) is 60.1 Å². The van der Waals surface area contributed by atoms with Gasteiger partial charge in [-0.2, -0.15) is 11.8 Å². The van der Waals surface area contributed by atoms with Crippen LogP contribution in [0.4, 0.5) is 5.69 Å². The summed E-state index contributed by atoms with van der Waals surface area (Å²) >= 11 is 1.87. The van der Waals surface area contributed by atoms with Crippen LogP contribution in [0.15, 0.2) is 48.7 Å². The molecule has 1 aliphatic carbocycles. The second-order valence-corrected chi connectivity index (χ2v) is 10.1. The van der Waals surface area contributed by atoms with Crippen molar-refractivity contribution in [2.24, 2.45) is 5.92 Å². The second-order valence-electron chi connectivity index (χ2n) is 9.16. The monoisotopic (exact) mass is 477 g/mol. The highest BCUT2D eigenvalue weighted by atomic mass is 32.2. The molecule has 3 aromatic rings. The lowest BCUT2D eigenvalue weighted by Crippen LogP contribution is -2.20. The molecule has 180 valence electrons. The van der Waals surface area contributed by atoms with Gasteiger partial charge in [0.25, 0.3) is 5.91 Å². The van der Waals surface area contributed by atoms with Crippen LogP contribution in [-0.2, 0) is 0 Å². The molecule has 0 radical (unpaired) electrons. The number of hydrogen-bond acceptors (Lipinski definition) is 5. The standard InChI is InChI=1S/C28H35N3O2S/c1-19-26(31-28(32)22-7-10-25(11-8-22)33-15-13-21-5-6-21)12-9-23-17-24(18-30-27(19)23)20(2)29-14-4-16-34-3/h7-12,17-18,20-21,29H,4-6,13-16H2,1-3H3,(H,31,32). The first-order valence-electron chi connectivity index (χ1n) is 12.2. The molecule has 1 heterocycles. The van der Waals surface area contributed by atoms with Crippen molar-refractivity contribution in [1.82, 2.24) is 10.3 Å². The van der Waals surface area contributed by atoms with E-state index in [9.17, 15) is 4.79 Å². The Hall–Kier alpha value is -2.57. The average Bonchev–Trinajstić information content (AvgIpc) is 3.68. The molecule has 1 aromatic heterocycles. The van der Waals surface area contributed by atoms with Crippen molar-refractivity contribution >= 4 is 34.3 Å². The zero-order valence-corrected chi connectivity index (χ0v) is 21.2. The van der Waals surface area contributed by atoms with Gasteiger partial charge in [-0.3, -0.25) is 9.78 Å². The molecule has 0 aliphatic heterocycles. The van der Waals surface area contributed by atoms with Crippen molar-refractivity contribution in [3.63, 3.8) is 0 Å². The number of nitrogens with zero attached hydrogens (tertiary/aromatic N) is 1. The summed E-state index contributed by atoms with van der Waals surface area (Å²) in [7, 11) is 0. The van der Waals surface area contributed by atoms with Crippen molar-refractivity contribution in [2.45, 2.75) is 45.6 Å². The van der Waals surface area contributed by atoms with Gasteiger partial charge in [0.15, 0.2) is 0 Å². The number of hydrogen-bond donors (Lipinski definition) is 2. The van der Waals surface area contributed by atoms with E-state index >= 15 is 0 Å². The maximum absolute atomic E-state index is 12.8. The normalized spacial score (nSPS) is 14.2. The molecule has 1 atom stereocenters.